The Balaban J connectivity index is 1.45. The molecule has 0 unspecified atom stereocenters. The van der Waals surface area contributed by atoms with E-state index in [0.29, 0.717) is 55.4 Å². The van der Waals surface area contributed by atoms with Gasteiger partial charge in [0.05, 0.1) is 40.0 Å². The Hall–Kier alpha value is -3.46. The molecule has 0 bridgehead atoms. The zero-order chi connectivity index (χ0) is 24.9. The molecule has 2 aliphatic rings. The van der Waals surface area contributed by atoms with Gasteiger partial charge in [-0.25, -0.2) is 4.79 Å². The first-order valence-electron chi connectivity index (χ1n) is 11.6. The van der Waals surface area contributed by atoms with Crippen LogP contribution in [0.2, 0.25) is 0 Å². The van der Waals surface area contributed by atoms with Crippen molar-refractivity contribution in [1.29, 1.82) is 0 Å². The fourth-order valence-corrected chi connectivity index (χ4v) is 4.61. The van der Waals surface area contributed by atoms with Gasteiger partial charge in [0.2, 0.25) is 0 Å². The molecule has 2 heterocycles. The van der Waals surface area contributed by atoms with Gasteiger partial charge in [0.1, 0.15) is 0 Å². The summed E-state index contributed by atoms with van der Waals surface area (Å²) in [6.07, 6.45) is 0.616. The van der Waals surface area contributed by atoms with Crippen molar-refractivity contribution in [1.82, 2.24) is 4.90 Å². The van der Waals surface area contributed by atoms with Crippen molar-refractivity contribution in [2.45, 2.75) is 25.4 Å². The molecule has 0 saturated carbocycles. The second kappa shape index (κ2) is 10.9. The first-order valence-corrected chi connectivity index (χ1v) is 11.6. The number of hydrogen-bond acceptors (Lipinski definition) is 8. The third-order valence-corrected chi connectivity index (χ3v) is 6.56. The molecule has 2 aliphatic heterocycles. The highest BCUT2D eigenvalue weighted by atomic mass is 16.6. The summed E-state index contributed by atoms with van der Waals surface area (Å²) in [6, 6.07) is 11.0. The fraction of sp³-hybridized carbons (Fsp3) is 0.462. The number of amides is 1. The second-order valence-electron chi connectivity index (χ2n) is 8.84. The maximum Gasteiger partial charge on any atom is 0.415 e. The van der Waals surface area contributed by atoms with Crippen molar-refractivity contribution in [3.05, 3.63) is 47.5 Å². The van der Waals surface area contributed by atoms with E-state index in [2.05, 4.69) is 0 Å². The van der Waals surface area contributed by atoms with E-state index >= 15 is 0 Å². The lowest BCUT2D eigenvalue weighted by molar-refractivity contribution is -0.141. The summed E-state index contributed by atoms with van der Waals surface area (Å²) in [6.45, 7) is 1.06. The number of nitrogens with zero attached hydrogens (tertiary/aromatic N) is 1. The summed E-state index contributed by atoms with van der Waals surface area (Å²) in [5, 5.41) is 9.65. The average Bonchev–Trinajstić information content (AvgIpc) is 3.45. The zero-order valence-corrected chi connectivity index (χ0v) is 20.2. The Morgan fingerprint density at radius 1 is 0.971 bits per heavy atom. The first-order chi connectivity index (χ1) is 16.9. The molecule has 0 aliphatic carbocycles. The van der Waals surface area contributed by atoms with Crippen LogP contribution in [-0.4, -0.2) is 69.2 Å². The van der Waals surface area contributed by atoms with Gasteiger partial charge in [-0.15, -0.1) is 0 Å². The minimum Gasteiger partial charge on any atom is -0.493 e. The van der Waals surface area contributed by atoms with Crippen molar-refractivity contribution >= 4 is 12.1 Å². The standard InChI is InChI=1S/C26H31NO8/c1-31-21-6-4-16(12-23(21)32-2)10-18-15-34-25(29)20(18)11-17-5-7-22(24(13-17)33-3)35-26(30)27-9-8-19(28)14-27/h4-7,12-13,18-20,28H,8-11,14-15H2,1-3H3/t18-,19+,20+/m0/s1. The highest BCUT2D eigenvalue weighted by Gasteiger charge is 2.37. The second-order valence-corrected chi connectivity index (χ2v) is 8.84. The molecule has 35 heavy (non-hydrogen) atoms. The fourth-order valence-electron chi connectivity index (χ4n) is 4.61. The molecule has 2 saturated heterocycles. The molecule has 0 aromatic heterocycles. The molecule has 0 spiro atoms. The average molecular weight is 486 g/mol. The number of carbonyl (C=O) groups is 2. The minimum atomic E-state index is -0.526. The lowest BCUT2D eigenvalue weighted by Crippen LogP contribution is -2.32. The van der Waals surface area contributed by atoms with Crippen molar-refractivity contribution in [3.63, 3.8) is 0 Å². The molecule has 1 amide bonds. The van der Waals surface area contributed by atoms with Gasteiger partial charge in [0.15, 0.2) is 23.0 Å². The molecule has 9 nitrogen and oxygen atoms in total. The largest absolute Gasteiger partial charge is 0.493 e. The molecule has 2 aromatic rings. The molecule has 3 atom stereocenters. The topological polar surface area (TPSA) is 104 Å². The molecule has 4 rings (SSSR count). The summed E-state index contributed by atoms with van der Waals surface area (Å²) in [4.78, 5) is 26.4. The number of rotatable bonds is 8. The number of benzene rings is 2. The minimum absolute atomic E-state index is 0.00527. The van der Waals surface area contributed by atoms with E-state index in [4.69, 9.17) is 23.7 Å². The number of likely N-dealkylation sites (tertiary alicyclic amines) is 1. The summed E-state index contributed by atoms with van der Waals surface area (Å²) in [5.74, 6) is 1.46. The number of β-amino-alcohol motifs (C(OH)–C–C–N with tert-alkyl or cyclic N) is 1. The quantitative estimate of drug-likeness (QED) is 0.570. The monoisotopic (exact) mass is 485 g/mol. The Bertz CT molecular complexity index is 1070. The number of ether oxygens (including phenoxy) is 5. The molecule has 0 radical (unpaired) electrons. The SMILES string of the molecule is COc1ccc(C[C@H]2COC(=O)[C@@H]2Cc2ccc(OC(=O)N3CC[C@@H](O)C3)c(OC)c2)cc1OC. The highest BCUT2D eigenvalue weighted by molar-refractivity contribution is 5.75. The maximum atomic E-state index is 12.5. The normalized spacial score (nSPS) is 21.5. The van der Waals surface area contributed by atoms with Crippen LogP contribution in [0.1, 0.15) is 17.5 Å². The van der Waals surface area contributed by atoms with Gasteiger partial charge in [-0.2, -0.15) is 0 Å². The molecule has 188 valence electrons. The lowest BCUT2D eigenvalue weighted by atomic mass is 9.85. The number of esters is 1. The van der Waals surface area contributed by atoms with Crippen molar-refractivity contribution in [2.24, 2.45) is 11.8 Å². The Morgan fingerprint density at radius 3 is 2.23 bits per heavy atom. The molecule has 2 fully saturated rings. The van der Waals surface area contributed by atoms with Crippen molar-refractivity contribution in [3.8, 4) is 23.0 Å². The van der Waals surface area contributed by atoms with Gasteiger partial charge in [0, 0.05) is 19.0 Å². The number of aliphatic hydroxyl groups excluding tert-OH is 1. The maximum absolute atomic E-state index is 12.5. The van der Waals surface area contributed by atoms with E-state index < -0.39 is 12.2 Å². The lowest BCUT2D eigenvalue weighted by Gasteiger charge is -2.18. The predicted octanol–water partition coefficient (Wildman–Crippen LogP) is 2.85. The van der Waals surface area contributed by atoms with Crippen molar-refractivity contribution < 1.29 is 38.4 Å². The van der Waals surface area contributed by atoms with Crippen LogP contribution in [0.25, 0.3) is 0 Å². The Morgan fingerprint density at radius 2 is 1.60 bits per heavy atom. The Labute approximate surface area is 204 Å². The van der Waals surface area contributed by atoms with Gasteiger partial charge >= 0.3 is 12.1 Å². The smallest absolute Gasteiger partial charge is 0.415 e. The van der Waals surface area contributed by atoms with Crippen LogP contribution in [0.4, 0.5) is 4.79 Å². The van der Waals surface area contributed by atoms with E-state index in [9.17, 15) is 14.7 Å². The summed E-state index contributed by atoms with van der Waals surface area (Å²) in [5.41, 5.74) is 1.90. The molecule has 9 heteroatoms. The zero-order valence-electron chi connectivity index (χ0n) is 20.2. The van der Waals surface area contributed by atoms with Gasteiger partial charge < -0.3 is 33.7 Å². The van der Waals surface area contributed by atoms with Crippen LogP contribution >= 0.6 is 0 Å². The molecular weight excluding hydrogens is 454 g/mol. The van der Waals surface area contributed by atoms with Gasteiger partial charge in [0.25, 0.3) is 0 Å². The van der Waals surface area contributed by atoms with Crippen LogP contribution in [0.15, 0.2) is 36.4 Å². The van der Waals surface area contributed by atoms with E-state index in [1.54, 1.807) is 26.4 Å². The predicted molar refractivity (Wildman–Crippen MR) is 126 cm³/mol. The number of hydrogen-bond donors (Lipinski definition) is 1. The number of methoxy groups -OCH3 is 3. The number of cyclic esters (lactones) is 1. The van der Waals surface area contributed by atoms with Gasteiger partial charge in [-0.3, -0.25) is 4.79 Å². The van der Waals surface area contributed by atoms with E-state index in [0.717, 1.165) is 11.1 Å². The number of carbonyl (C=O) groups excluding carboxylic acids is 2. The third kappa shape index (κ3) is 5.62. The third-order valence-electron chi connectivity index (χ3n) is 6.56. The number of aliphatic hydroxyl groups is 1. The van der Waals surface area contributed by atoms with Gasteiger partial charge in [-0.1, -0.05) is 12.1 Å². The van der Waals surface area contributed by atoms with Crippen molar-refractivity contribution in [2.75, 3.05) is 41.0 Å². The van der Waals surface area contributed by atoms with Crippen LogP contribution < -0.4 is 18.9 Å². The molecule has 1 N–H and O–H groups in total. The van der Waals surface area contributed by atoms with E-state index in [1.165, 1.54) is 12.0 Å². The van der Waals surface area contributed by atoms with Crippen LogP contribution in [0, 0.1) is 11.8 Å². The van der Waals surface area contributed by atoms with E-state index in [-0.39, 0.29) is 24.3 Å². The van der Waals surface area contributed by atoms with Gasteiger partial charge in [-0.05, 0) is 54.7 Å². The summed E-state index contributed by atoms with van der Waals surface area (Å²) >= 11 is 0. The van der Waals surface area contributed by atoms with Crippen LogP contribution in [0.3, 0.4) is 0 Å². The first kappa shape index (κ1) is 24.7. The summed E-state index contributed by atoms with van der Waals surface area (Å²) in [7, 11) is 4.68. The van der Waals surface area contributed by atoms with Crippen LogP contribution in [-0.2, 0) is 22.4 Å². The Kier molecular flexibility index (Phi) is 7.65. The molecule has 2 aromatic carbocycles. The summed E-state index contributed by atoms with van der Waals surface area (Å²) < 4.78 is 27.0. The molecular formula is C26H31NO8. The highest BCUT2D eigenvalue weighted by Crippen LogP contribution is 2.35. The van der Waals surface area contributed by atoms with E-state index in [1.807, 2.05) is 24.3 Å². The van der Waals surface area contributed by atoms with Crippen LogP contribution in [0.5, 0.6) is 23.0 Å².